The number of likely N-dealkylation sites (N-methyl/N-ethyl adjacent to an activating group) is 1. The predicted molar refractivity (Wildman–Crippen MR) is 165 cm³/mol. The molecule has 16 nitrogen and oxygen atoms in total. The molecule has 1 heterocycles. The number of ether oxygens (including phenoxy) is 4. The number of phenols is 1. The van der Waals surface area contributed by atoms with E-state index in [0.717, 1.165) is 11.0 Å². The number of aromatic hydroxyl groups is 1. The van der Waals surface area contributed by atoms with Crippen molar-refractivity contribution < 1.29 is 64.1 Å². The number of amides is 1. The van der Waals surface area contributed by atoms with Crippen molar-refractivity contribution in [2.24, 2.45) is 11.7 Å². The molecule has 5 rings (SSSR count). The highest BCUT2D eigenvalue weighted by Gasteiger charge is 2.74. The number of hydrogen-bond donors (Lipinski definition) is 8. The largest absolute Gasteiger partial charge is 0.508 e. The third-order valence-corrected chi connectivity index (χ3v) is 10.7. The molecule has 17 heteroatoms. The Balaban J connectivity index is 1.82. The molecule has 1 amide bonds. The molecular formula is C31H40ClN3O13. The number of Topliss-reactive ketones (excluding diaryl/α,β-unsaturated/α-hetero) is 2. The average Bonchev–Trinajstić information content (AvgIpc) is 2.98. The Hall–Kier alpha value is -3.32. The maximum atomic E-state index is 14.6. The number of nitrogens with one attached hydrogen (secondary N) is 1. The average molecular weight is 698 g/mol. The summed E-state index contributed by atoms with van der Waals surface area (Å²) in [5.41, 5.74) is -3.96. The molecule has 0 aromatic heterocycles. The van der Waals surface area contributed by atoms with Gasteiger partial charge in [-0.3, -0.25) is 19.3 Å². The topological polar surface area (TPSA) is 251 Å². The number of carbonyl (C=O) groups excluding carboxylic acids is 3. The molecule has 0 spiro atoms. The zero-order valence-corrected chi connectivity index (χ0v) is 28.1. The van der Waals surface area contributed by atoms with E-state index in [9.17, 15) is 45.1 Å². The zero-order chi connectivity index (χ0) is 36.0. The maximum absolute atomic E-state index is 14.6. The minimum atomic E-state index is -3.38. The monoisotopic (exact) mass is 697 g/mol. The molecule has 1 aliphatic heterocycles. The van der Waals surface area contributed by atoms with Crippen LogP contribution in [0.4, 0.5) is 0 Å². The van der Waals surface area contributed by atoms with Crippen molar-refractivity contribution in [1.29, 1.82) is 0 Å². The maximum Gasteiger partial charge on any atom is 0.255 e. The van der Waals surface area contributed by atoms with E-state index in [4.69, 9.17) is 36.3 Å². The van der Waals surface area contributed by atoms with Gasteiger partial charge < -0.3 is 55.4 Å². The molecular weight excluding hydrogens is 658 g/mol. The van der Waals surface area contributed by atoms with Crippen molar-refractivity contribution >= 4 is 34.8 Å². The van der Waals surface area contributed by atoms with Crippen LogP contribution in [-0.2, 0) is 34.2 Å². The first kappa shape index (κ1) is 36.0. The number of nitrogens with two attached hydrogens (primary N) is 1. The summed E-state index contributed by atoms with van der Waals surface area (Å²) in [6.07, 6.45) is -3.45. The highest BCUT2D eigenvalue weighted by Crippen LogP contribution is 2.62. The number of nitrogens with zero attached hydrogens (tertiary/aromatic N) is 1. The number of halogens is 1. The number of hydrogen-bond acceptors (Lipinski definition) is 15. The van der Waals surface area contributed by atoms with Crippen LogP contribution in [0.15, 0.2) is 23.0 Å². The van der Waals surface area contributed by atoms with E-state index in [2.05, 4.69) is 5.48 Å². The Morgan fingerprint density at radius 3 is 2.29 bits per heavy atom. The Labute approximate surface area is 280 Å². The number of ketones is 2. The van der Waals surface area contributed by atoms with Gasteiger partial charge in [0.25, 0.3) is 5.91 Å². The van der Waals surface area contributed by atoms with Gasteiger partial charge in [0.1, 0.15) is 46.2 Å². The molecule has 2 fully saturated rings. The zero-order valence-electron chi connectivity index (χ0n) is 27.3. The quantitative estimate of drug-likeness (QED) is 0.141. The molecule has 48 heavy (non-hydrogen) atoms. The number of phenolic OH excluding ortho intramolecular Hbond substituents is 1. The second kappa shape index (κ2) is 11.6. The van der Waals surface area contributed by atoms with E-state index < -0.39 is 111 Å². The lowest BCUT2D eigenvalue weighted by Crippen LogP contribution is -2.77. The summed E-state index contributed by atoms with van der Waals surface area (Å²) >= 11 is 6.85. The summed E-state index contributed by atoms with van der Waals surface area (Å²) < 4.78 is 23.7. The fraction of sp³-hybridized carbons (Fsp3) is 0.581. The minimum absolute atomic E-state index is 0.0544. The van der Waals surface area contributed by atoms with Crippen LogP contribution in [0, 0.1) is 5.92 Å². The van der Waals surface area contributed by atoms with Crippen molar-refractivity contribution in [2.75, 3.05) is 28.3 Å². The molecule has 0 bridgehead atoms. The highest BCUT2D eigenvalue weighted by atomic mass is 35.5. The highest BCUT2D eigenvalue weighted by molar-refractivity contribution is 6.33. The van der Waals surface area contributed by atoms with Crippen molar-refractivity contribution in [3.8, 4) is 11.5 Å². The lowest BCUT2D eigenvalue weighted by atomic mass is 9.52. The lowest BCUT2D eigenvalue weighted by molar-refractivity contribution is -0.300. The standard InChI is InChI=1S/C31H40ClN3O13/c1-11-26(46-7)28(2,34-44)10-15(47-11)48-29(3)12-9-30(42)23(35(4)5)22(38)18(27(33)41)25(40)31(30,43)24(39)16(12)21(37)17-13(36)8-14(45-6)20(32)19(17)29/h8,11-12,15,23,26,34,36-37,40,42-44H,9-10H2,1-7H3,(H2,33,41)/t11-,12-,15-,23+,26-,28-,29+,30+,31-/m0/s1. The Morgan fingerprint density at radius 1 is 1.15 bits per heavy atom. The molecule has 3 aliphatic carbocycles. The van der Waals surface area contributed by atoms with Crippen LogP contribution < -0.4 is 16.0 Å². The normalized spacial score (nSPS) is 38.1. The van der Waals surface area contributed by atoms with Gasteiger partial charge in [0.05, 0.1) is 29.3 Å². The van der Waals surface area contributed by atoms with Crippen LogP contribution >= 0.6 is 11.6 Å². The summed E-state index contributed by atoms with van der Waals surface area (Å²) in [4.78, 5) is 41.8. The summed E-state index contributed by atoms with van der Waals surface area (Å²) in [7, 11) is 5.39. The van der Waals surface area contributed by atoms with Gasteiger partial charge >= 0.3 is 0 Å². The molecule has 1 saturated heterocycles. The van der Waals surface area contributed by atoms with Crippen molar-refractivity contribution in [3.63, 3.8) is 0 Å². The van der Waals surface area contributed by atoms with Crippen molar-refractivity contribution in [1.82, 2.24) is 10.4 Å². The summed E-state index contributed by atoms with van der Waals surface area (Å²) in [6.45, 7) is 4.76. The minimum Gasteiger partial charge on any atom is -0.508 e. The van der Waals surface area contributed by atoms with Gasteiger partial charge in [-0.05, 0) is 41.3 Å². The van der Waals surface area contributed by atoms with E-state index in [0.29, 0.717) is 0 Å². The summed E-state index contributed by atoms with van der Waals surface area (Å²) in [5, 5.41) is 68.6. The number of hydroxylamine groups is 1. The van der Waals surface area contributed by atoms with Gasteiger partial charge in [0.15, 0.2) is 17.8 Å². The SMILES string of the molecule is COc1cc(O)c2c(c1Cl)[C@](C)(O[C@H]1C[C@](C)(NO)[C@@H](OC)[C@H](C)O1)[C@H]1C[C@@]3(O)[C@H](N(C)C)C(=O)C(C(N)=O)=C(O)[C@@]3(O)C(=O)C1=C2O. The number of primary amides is 1. The molecule has 4 aliphatic rings. The Morgan fingerprint density at radius 2 is 1.77 bits per heavy atom. The second-order valence-corrected chi connectivity index (χ2v) is 13.7. The molecule has 0 radical (unpaired) electrons. The fourth-order valence-corrected chi connectivity index (χ4v) is 8.61. The Kier molecular flexibility index (Phi) is 8.72. The van der Waals surface area contributed by atoms with E-state index in [1.54, 1.807) is 13.8 Å². The lowest BCUT2D eigenvalue weighted by Gasteiger charge is -2.58. The summed E-state index contributed by atoms with van der Waals surface area (Å²) in [6, 6.07) is -0.750. The number of aliphatic hydroxyl groups is 4. The number of fused-ring (bicyclic) bond motifs is 3. The smallest absolute Gasteiger partial charge is 0.255 e. The predicted octanol–water partition coefficient (Wildman–Crippen LogP) is 0.318. The molecule has 1 aromatic rings. The number of aliphatic hydroxyl groups excluding tert-OH is 2. The number of benzene rings is 1. The first-order valence-electron chi connectivity index (χ1n) is 15.0. The van der Waals surface area contributed by atoms with E-state index in [-0.39, 0.29) is 22.8 Å². The molecule has 9 atom stereocenters. The third-order valence-electron chi connectivity index (χ3n) is 10.3. The molecule has 1 saturated carbocycles. The van der Waals surface area contributed by atoms with Gasteiger partial charge in [-0.25, -0.2) is 0 Å². The van der Waals surface area contributed by atoms with Crippen LogP contribution in [0.1, 0.15) is 44.7 Å². The van der Waals surface area contributed by atoms with E-state index >= 15 is 0 Å². The Bertz CT molecular complexity index is 1660. The number of rotatable bonds is 7. The van der Waals surface area contributed by atoms with Gasteiger partial charge in [-0.1, -0.05) is 11.6 Å². The van der Waals surface area contributed by atoms with Crippen LogP contribution in [-0.4, -0.2) is 123 Å². The molecule has 9 N–H and O–H groups in total. The first-order valence-corrected chi connectivity index (χ1v) is 15.3. The molecule has 1 aromatic carbocycles. The van der Waals surface area contributed by atoms with E-state index in [1.807, 2.05) is 0 Å². The second-order valence-electron chi connectivity index (χ2n) is 13.3. The first-order chi connectivity index (χ1) is 22.2. The van der Waals surface area contributed by atoms with Gasteiger partial charge in [0.2, 0.25) is 11.4 Å². The number of methoxy groups -OCH3 is 2. The van der Waals surface area contributed by atoms with Gasteiger partial charge in [-0.2, -0.15) is 5.48 Å². The van der Waals surface area contributed by atoms with Crippen LogP contribution in [0.3, 0.4) is 0 Å². The fourth-order valence-electron chi connectivity index (χ4n) is 8.19. The van der Waals surface area contributed by atoms with Crippen molar-refractivity contribution in [2.45, 2.75) is 80.5 Å². The number of carbonyl (C=O) groups is 3. The van der Waals surface area contributed by atoms with Crippen LogP contribution in [0.5, 0.6) is 11.5 Å². The third kappa shape index (κ3) is 4.55. The van der Waals surface area contributed by atoms with Gasteiger partial charge in [-0.15, -0.1) is 0 Å². The van der Waals surface area contributed by atoms with Crippen LogP contribution in [0.25, 0.3) is 5.76 Å². The summed E-state index contributed by atoms with van der Waals surface area (Å²) in [5.74, 6) is -8.67. The molecule has 0 unspecified atom stereocenters. The van der Waals surface area contributed by atoms with Crippen molar-refractivity contribution in [3.05, 3.63) is 39.1 Å². The van der Waals surface area contributed by atoms with Gasteiger partial charge in [0, 0.05) is 36.7 Å². The molecule has 264 valence electrons. The van der Waals surface area contributed by atoms with E-state index in [1.165, 1.54) is 35.2 Å². The van der Waals surface area contributed by atoms with Crippen LogP contribution in [0.2, 0.25) is 5.02 Å².